The highest BCUT2D eigenvalue weighted by atomic mass is 79.9. The molecule has 0 unspecified atom stereocenters. The fourth-order valence-electron chi connectivity index (χ4n) is 1.26. The molecule has 0 fully saturated rings. The summed E-state index contributed by atoms with van der Waals surface area (Å²) in [5, 5.41) is 0. The van der Waals surface area contributed by atoms with E-state index in [9.17, 15) is 8.42 Å². The minimum atomic E-state index is -3.47. The van der Waals surface area contributed by atoms with Crippen LogP contribution in [0.3, 0.4) is 0 Å². The van der Waals surface area contributed by atoms with Gasteiger partial charge >= 0.3 is 0 Å². The number of benzene rings is 1. The molecule has 0 amide bonds. The average molecular weight is 319 g/mol. The lowest BCUT2D eigenvalue weighted by Crippen LogP contribution is -2.27. The van der Waals surface area contributed by atoms with Crippen molar-refractivity contribution in [1.82, 2.24) is 4.31 Å². The summed E-state index contributed by atoms with van der Waals surface area (Å²) in [5.41, 5.74) is 6.08. The van der Waals surface area contributed by atoms with E-state index in [1.807, 2.05) is 0 Å². The van der Waals surface area contributed by atoms with E-state index in [1.165, 1.54) is 23.5 Å². The Kier molecular flexibility index (Phi) is 4.73. The van der Waals surface area contributed by atoms with E-state index in [1.54, 1.807) is 12.1 Å². The van der Waals surface area contributed by atoms with Crippen LogP contribution < -0.4 is 5.73 Å². The highest BCUT2D eigenvalue weighted by Crippen LogP contribution is 2.24. The van der Waals surface area contributed by atoms with Crippen LogP contribution in [-0.4, -0.2) is 26.3 Å². The second-order valence-corrected chi connectivity index (χ2v) is 6.49. The molecule has 0 aliphatic rings. The monoisotopic (exact) mass is 318 g/mol. The molecule has 0 aromatic heterocycles. The predicted octanol–water partition coefficient (Wildman–Crippen LogP) is 2.23. The Morgan fingerprint density at radius 2 is 2.18 bits per heavy atom. The molecule has 1 rings (SSSR count). The van der Waals surface area contributed by atoms with E-state index in [0.29, 0.717) is 23.1 Å². The molecule has 94 valence electrons. The number of anilines is 1. The number of hydrogen-bond donors (Lipinski definition) is 1. The second-order valence-electron chi connectivity index (χ2n) is 3.59. The maximum Gasteiger partial charge on any atom is 0.242 e. The fraction of sp³-hybridized carbons (Fsp3) is 0.273. The molecule has 2 N–H and O–H groups in total. The first-order chi connectivity index (χ1) is 7.89. The van der Waals surface area contributed by atoms with E-state index in [-0.39, 0.29) is 4.90 Å². The van der Waals surface area contributed by atoms with Gasteiger partial charge in [0.05, 0.1) is 4.90 Å². The summed E-state index contributed by atoms with van der Waals surface area (Å²) >= 11 is 3.23. The van der Waals surface area contributed by atoms with Gasteiger partial charge in [0.25, 0.3) is 0 Å². The summed E-state index contributed by atoms with van der Waals surface area (Å²) in [6.07, 6.45) is 2.30. The summed E-state index contributed by atoms with van der Waals surface area (Å²) in [7, 11) is -1.93. The normalized spacial score (nSPS) is 11.7. The van der Waals surface area contributed by atoms with Gasteiger partial charge in [0.1, 0.15) is 0 Å². The van der Waals surface area contributed by atoms with Gasteiger partial charge in [0.15, 0.2) is 0 Å². The van der Waals surface area contributed by atoms with Crippen LogP contribution >= 0.6 is 15.9 Å². The molecule has 0 atom stereocenters. The van der Waals surface area contributed by atoms with E-state index >= 15 is 0 Å². The van der Waals surface area contributed by atoms with E-state index in [4.69, 9.17) is 5.73 Å². The predicted molar refractivity (Wildman–Crippen MR) is 73.2 cm³/mol. The third kappa shape index (κ3) is 3.31. The molecule has 0 saturated carbocycles. The Bertz CT molecular complexity index is 514. The van der Waals surface area contributed by atoms with Gasteiger partial charge in [-0.3, -0.25) is 0 Å². The Morgan fingerprint density at radius 3 is 2.71 bits per heavy atom. The third-order valence-electron chi connectivity index (χ3n) is 2.32. The van der Waals surface area contributed by atoms with E-state index in [2.05, 4.69) is 22.5 Å². The van der Waals surface area contributed by atoms with Crippen LogP contribution in [0.1, 0.15) is 6.42 Å². The lowest BCUT2D eigenvalue weighted by molar-refractivity contribution is 0.475. The van der Waals surface area contributed by atoms with Gasteiger partial charge < -0.3 is 5.73 Å². The van der Waals surface area contributed by atoms with E-state index < -0.39 is 10.0 Å². The SMILES string of the molecule is C=CCCN(C)S(=O)(=O)c1ccc(Br)c(N)c1. The molecule has 0 bridgehead atoms. The van der Waals surface area contributed by atoms with Crippen LogP contribution in [0, 0.1) is 0 Å². The Hall–Kier alpha value is -0.850. The number of rotatable bonds is 5. The van der Waals surface area contributed by atoms with Gasteiger partial charge in [-0.2, -0.15) is 0 Å². The molecule has 1 aromatic carbocycles. The molecule has 6 heteroatoms. The number of nitrogens with two attached hydrogens (primary N) is 1. The highest BCUT2D eigenvalue weighted by molar-refractivity contribution is 9.10. The first kappa shape index (κ1) is 14.2. The maximum atomic E-state index is 12.1. The molecule has 0 saturated heterocycles. The summed E-state index contributed by atoms with van der Waals surface area (Å²) < 4.78 is 26.2. The van der Waals surface area contributed by atoms with Crippen molar-refractivity contribution in [3.63, 3.8) is 0 Å². The van der Waals surface area contributed by atoms with Crippen molar-refractivity contribution in [1.29, 1.82) is 0 Å². The largest absolute Gasteiger partial charge is 0.398 e. The lowest BCUT2D eigenvalue weighted by atomic mass is 10.3. The Labute approximate surface area is 110 Å². The van der Waals surface area contributed by atoms with Crippen molar-refractivity contribution in [3.8, 4) is 0 Å². The van der Waals surface area contributed by atoms with Gasteiger partial charge in [-0.1, -0.05) is 6.08 Å². The quantitative estimate of drug-likeness (QED) is 0.669. The molecular weight excluding hydrogens is 304 g/mol. The number of nitrogens with zero attached hydrogens (tertiary/aromatic N) is 1. The topological polar surface area (TPSA) is 63.4 Å². The molecule has 0 spiro atoms. The Balaban J connectivity index is 3.04. The van der Waals surface area contributed by atoms with Crippen molar-refractivity contribution in [2.45, 2.75) is 11.3 Å². The van der Waals surface area contributed by atoms with Gasteiger partial charge in [-0.05, 0) is 40.5 Å². The lowest BCUT2D eigenvalue weighted by Gasteiger charge is -2.16. The fourth-order valence-corrected chi connectivity index (χ4v) is 2.72. The zero-order chi connectivity index (χ0) is 13.1. The summed E-state index contributed by atoms with van der Waals surface area (Å²) in [4.78, 5) is 0.199. The highest BCUT2D eigenvalue weighted by Gasteiger charge is 2.20. The molecule has 0 aliphatic heterocycles. The van der Waals surface area contributed by atoms with Crippen LogP contribution in [0.15, 0.2) is 40.2 Å². The first-order valence-electron chi connectivity index (χ1n) is 5.02. The first-order valence-corrected chi connectivity index (χ1v) is 7.25. The molecule has 0 heterocycles. The van der Waals surface area contributed by atoms with Gasteiger partial charge in [-0.25, -0.2) is 12.7 Å². The minimum absolute atomic E-state index is 0.199. The van der Waals surface area contributed by atoms with Crippen molar-refractivity contribution < 1.29 is 8.42 Å². The summed E-state index contributed by atoms with van der Waals surface area (Å²) in [5.74, 6) is 0. The average Bonchev–Trinajstić information content (AvgIpc) is 2.29. The molecule has 0 radical (unpaired) electrons. The molecule has 17 heavy (non-hydrogen) atoms. The number of halogens is 1. The van der Waals surface area contributed by atoms with Crippen molar-refractivity contribution in [2.75, 3.05) is 19.3 Å². The van der Waals surface area contributed by atoms with Gasteiger partial charge in [0.2, 0.25) is 10.0 Å². The summed E-state index contributed by atoms with van der Waals surface area (Å²) in [6, 6.07) is 4.60. The van der Waals surface area contributed by atoms with Crippen LogP contribution in [0.2, 0.25) is 0 Å². The van der Waals surface area contributed by atoms with Crippen LogP contribution in [0.25, 0.3) is 0 Å². The number of nitrogen functional groups attached to an aromatic ring is 1. The number of sulfonamides is 1. The third-order valence-corrected chi connectivity index (χ3v) is 4.90. The van der Waals surface area contributed by atoms with Crippen LogP contribution in [0.5, 0.6) is 0 Å². The van der Waals surface area contributed by atoms with Crippen LogP contribution in [0.4, 0.5) is 5.69 Å². The molecule has 0 aliphatic carbocycles. The van der Waals surface area contributed by atoms with Gasteiger partial charge in [-0.15, -0.1) is 6.58 Å². The zero-order valence-electron chi connectivity index (χ0n) is 9.56. The molecular formula is C11H15BrN2O2S. The van der Waals surface area contributed by atoms with Crippen molar-refractivity contribution in [2.24, 2.45) is 0 Å². The van der Waals surface area contributed by atoms with Crippen molar-refractivity contribution >= 4 is 31.6 Å². The summed E-state index contributed by atoms with van der Waals surface area (Å²) in [6.45, 7) is 3.97. The number of hydrogen-bond acceptors (Lipinski definition) is 3. The zero-order valence-corrected chi connectivity index (χ0v) is 12.0. The molecule has 1 aromatic rings. The standard InChI is InChI=1S/C11H15BrN2O2S/c1-3-4-7-14(2)17(15,16)9-5-6-10(12)11(13)8-9/h3,5-6,8H,1,4,7,13H2,2H3. The Morgan fingerprint density at radius 1 is 1.53 bits per heavy atom. The van der Waals surface area contributed by atoms with E-state index in [0.717, 1.165) is 0 Å². The van der Waals surface area contributed by atoms with Crippen molar-refractivity contribution in [3.05, 3.63) is 35.3 Å². The van der Waals surface area contributed by atoms with Crippen LogP contribution in [-0.2, 0) is 10.0 Å². The molecule has 4 nitrogen and oxygen atoms in total. The maximum absolute atomic E-state index is 12.1. The smallest absolute Gasteiger partial charge is 0.242 e. The van der Waals surface area contributed by atoms with Gasteiger partial charge in [0, 0.05) is 23.8 Å². The second kappa shape index (κ2) is 5.66. The minimum Gasteiger partial charge on any atom is -0.398 e.